The second kappa shape index (κ2) is 17.3. The van der Waals surface area contributed by atoms with Crippen molar-refractivity contribution in [2.24, 2.45) is 0 Å². The predicted octanol–water partition coefficient (Wildman–Crippen LogP) is 7.42. The molecule has 6 rings (SSSR count). The van der Waals surface area contributed by atoms with Crippen LogP contribution in [0.4, 0.5) is 26.3 Å². The van der Waals surface area contributed by atoms with Gasteiger partial charge in [-0.3, -0.25) is 19.2 Å². The van der Waals surface area contributed by atoms with E-state index in [2.05, 4.69) is 10.2 Å². The Balaban J connectivity index is 1.23. The van der Waals surface area contributed by atoms with Gasteiger partial charge in [0.2, 0.25) is 11.6 Å². The van der Waals surface area contributed by atoms with Gasteiger partial charge in [-0.05, 0) is 123 Å². The van der Waals surface area contributed by atoms with Crippen molar-refractivity contribution in [2.75, 3.05) is 13.2 Å². The van der Waals surface area contributed by atoms with Gasteiger partial charge in [0, 0.05) is 11.1 Å². The molecule has 0 aliphatic rings. The smallest absolute Gasteiger partial charge is 0.416 e. The molecule has 0 unspecified atom stereocenters. The Kier molecular flexibility index (Phi) is 12.1. The molecule has 0 spiro atoms. The van der Waals surface area contributed by atoms with Crippen LogP contribution in [0.3, 0.4) is 0 Å². The number of nitrogens with zero attached hydrogens (tertiary/aromatic N) is 4. The fourth-order valence-corrected chi connectivity index (χ4v) is 5.63. The van der Waals surface area contributed by atoms with Crippen LogP contribution in [0, 0.1) is 0 Å². The molecule has 2 heterocycles. The second-order valence-electron chi connectivity index (χ2n) is 12.7. The normalized spacial score (nSPS) is 11.5. The summed E-state index contributed by atoms with van der Waals surface area (Å²) in [5.41, 5.74) is -6.35. The molecule has 312 valence electrons. The summed E-state index contributed by atoms with van der Waals surface area (Å²) < 4.78 is 95.9. The van der Waals surface area contributed by atoms with Crippen molar-refractivity contribution < 1.29 is 59.7 Å². The van der Waals surface area contributed by atoms with Gasteiger partial charge < -0.3 is 14.2 Å². The van der Waals surface area contributed by atoms with E-state index in [1.165, 1.54) is 62.4 Å². The van der Waals surface area contributed by atoms with Gasteiger partial charge >= 0.3 is 24.3 Å². The third-order valence-electron chi connectivity index (χ3n) is 8.63. The Hall–Kier alpha value is -7.70. The molecule has 61 heavy (non-hydrogen) atoms. The first-order chi connectivity index (χ1) is 28.9. The van der Waals surface area contributed by atoms with E-state index in [-0.39, 0.29) is 47.2 Å². The molecule has 0 amide bonds. The largest absolute Gasteiger partial charge is 0.462 e. The van der Waals surface area contributed by atoms with Gasteiger partial charge in [-0.2, -0.15) is 45.9 Å². The summed E-state index contributed by atoms with van der Waals surface area (Å²) in [6.45, 7) is 2.73. The number of alkyl halides is 6. The van der Waals surface area contributed by atoms with E-state index in [0.717, 1.165) is 36.4 Å². The molecule has 0 N–H and O–H groups in total. The van der Waals surface area contributed by atoms with E-state index < -0.39 is 80.6 Å². The molecule has 4 aromatic carbocycles. The number of ether oxygens (including phenoxy) is 3. The van der Waals surface area contributed by atoms with Crippen molar-refractivity contribution in [3.05, 3.63) is 175 Å². The Bertz CT molecular complexity index is 2570. The number of benzene rings is 4. The topological polar surface area (TPSA) is 166 Å². The number of ketones is 2. The van der Waals surface area contributed by atoms with Crippen molar-refractivity contribution in [3.8, 4) is 22.9 Å². The molecule has 0 atom stereocenters. The van der Waals surface area contributed by atoms with Gasteiger partial charge in [0.05, 0.1) is 35.7 Å². The molecule has 0 aliphatic heterocycles. The van der Waals surface area contributed by atoms with Gasteiger partial charge in [-0.15, -0.1) is 0 Å². The monoisotopic (exact) mass is 846 g/mol. The molecule has 2 aromatic heterocycles. The zero-order valence-corrected chi connectivity index (χ0v) is 31.5. The fourth-order valence-electron chi connectivity index (χ4n) is 5.63. The molecule has 13 nitrogen and oxygen atoms in total. The molecule has 0 radical (unpaired) electrons. The van der Waals surface area contributed by atoms with E-state index in [1.807, 2.05) is 0 Å². The summed E-state index contributed by atoms with van der Waals surface area (Å²) in [4.78, 5) is 78.8. The Morgan fingerprint density at radius 3 is 1.15 bits per heavy atom. The lowest BCUT2D eigenvalue weighted by atomic mass is 10.1. The van der Waals surface area contributed by atoms with Crippen molar-refractivity contribution in [1.29, 1.82) is 0 Å². The van der Waals surface area contributed by atoms with Crippen molar-refractivity contribution >= 4 is 23.5 Å². The number of esters is 2. The summed E-state index contributed by atoms with van der Waals surface area (Å²) in [5, 5.41) is 8.06. The maximum Gasteiger partial charge on any atom is 0.416 e. The van der Waals surface area contributed by atoms with E-state index >= 15 is 0 Å². The minimum atomic E-state index is -4.66. The van der Waals surface area contributed by atoms with Crippen molar-refractivity contribution in [3.63, 3.8) is 0 Å². The van der Waals surface area contributed by atoms with Crippen LogP contribution in [0.2, 0.25) is 0 Å². The maximum atomic E-state index is 13.6. The Morgan fingerprint density at radius 1 is 0.525 bits per heavy atom. The van der Waals surface area contributed by atoms with Gasteiger partial charge in [-0.25, -0.2) is 9.59 Å². The average molecular weight is 847 g/mol. The molecule has 6 aromatic rings. The number of hydrogen-bond donors (Lipinski definition) is 0. The predicted molar refractivity (Wildman–Crippen MR) is 201 cm³/mol. The Labute approximate surface area is 339 Å². The highest BCUT2D eigenvalue weighted by Gasteiger charge is 2.32. The standard InChI is InChI=1S/C42H28F6N4O9/c1-3-59-39(57)31-21-33(49-51(37(31)55)27-13-9-25(10-14-27)41(43,44)45)35(53)23-5-17-29(18-6-23)61-30-19-7-24(8-20-30)36(54)34-22-32(40(58)60-4-2)38(56)52(50-34)28-15-11-26(12-16-28)42(46,47)48/h5-22H,3-4H2,1-2H3. The molecular formula is C42H28F6N4O9. The van der Waals surface area contributed by atoms with Crippen LogP contribution in [0.1, 0.15) is 77.8 Å². The zero-order chi connectivity index (χ0) is 44.2. The van der Waals surface area contributed by atoms with E-state index in [4.69, 9.17) is 14.2 Å². The summed E-state index contributed by atoms with van der Waals surface area (Å²) in [7, 11) is 0. The van der Waals surface area contributed by atoms with E-state index in [0.29, 0.717) is 33.6 Å². The van der Waals surface area contributed by atoms with Gasteiger partial charge in [-0.1, -0.05) is 0 Å². The minimum Gasteiger partial charge on any atom is -0.462 e. The lowest BCUT2D eigenvalue weighted by Gasteiger charge is -2.12. The minimum absolute atomic E-state index is 0.0144. The number of halogens is 6. The van der Waals surface area contributed by atoms with Crippen LogP contribution >= 0.6 is 0 Å². The SMILES string of the molecule is CCOC(=O)c1cc(C(=O)c2ccc(Oc3ccc(C(=O)c4cc(C(=O)OCC)c(=O)n(-c5ccc(C(F)(F)F)cc5)n4)cc3)cc2)nn(-c2ccc(C(F)(F)F)cc2)c1=O. The highest BCUT2D eigenvalue weighted by atomic mass is 19.4. The highest BCUT2D eigenvalue weighted by Crippen LogP contribution is 2.31. The zero-order valence-electron chi connectivity index (χ0n) is 31.5. The number of aromatic nitrogens is 4. The molecule has 0 aliphatic carbocycles. The lowest BCUT2D eigenvalue weighted by molar-refractivity contribution is -0.138. The third kappa shape index (κ3) is 9.46. The molecule has 19 heteroatoms. The number of carbonyl (C=O) groups excluding carboxylic acids is 4. The number of rotatable bonds is 12. The third-order valence-corrected chi connectivity index (χ3v) is 8.63. The summed E-state index contributed by atoms with van der Waals surface area (Å²) in [5.74, 6) is -3.30. The van der Waals surface area contributed by atoms with Gasteiger partial charge in [0.15, 0.2) is 0 Å². The maximum absolute atomic E-state index is 13.6. The van der Waals surface area contributed by atoms with E-state index in [1.54, 1.807) is 0 Å². The molecule has 0 bridgehead atoms. The highest BCUT2D eigenvalue weighted by molar-refractivity contribution is 6.09. The first-order valence-corrected chi connectivity index (χ1v) is 17.8. The molecule has 0 fully saturated rings. The number of hydrogen-bond acceptors (Lipinski definition) is 11. The van der Waals surface area contributed by atoms with Crippen LogP contribution in [-0.2, 0) is 21.8 Å². The van der Waals surface area contributed by atoms with Gasteiger partial charge in [0.1, 0.15) is 34.0 Å². The van der Waals surface area contributed by atoms with Crippen molar-refractivity contribution in [2.45, 2.75) is 26.2 Å². The quantitative estimate of drug-likeness (QED) is 0.0684. The first-order valence-electron chi connectivity index (χ1n) is 17.8. The Morgan fingerprint density at radius 2 is 0.852 bits per heavy atom. The van der Waals surface area contributed by atoms with Crippen LogP contribution in [0.15, 0.2) is 119 Å². The second-order valence-corrected chi connectivity index (χ2v) is 12.7. The average Bonchev–Trinajstić information content (AvgIpc) is 3.23. The van der Waals surface area contributed by atoms with Crippen LogP contribution in [0.5, 0.6) is 11.5 Å². The molecule has 0 saturated heterocycles. The van der Waals surface area contributed by atoms with Gasteiger partial charge in [0.25, 0.3) is 11.1 Å². The van der Waals surface area contributed by atoms with Crippen LogP contribution in [-0.4, -0.2) is 56.3 Å². The van der Waals surface area contributed by atoms with E-state index in [9.17, 15) is 55.1 Å². The first kappa shape index (κ1) is 42.9. The molecule has 0 saturated carbocycles. The van der Waals surface area contributed by atoms with Crippen molar-refractivity contribution in [1.82, 2.24) is 19.6 Å². The van der Waals surface area contributed by atoms with Crippen LogP contribution in [0.25, 0.3) is 11.4 Å². The fraction of sp³-hybridized carbons (Fsp3) is 0.143. The summed E-state index contributed by atoms with van der Waals surface area (Å²) >= 11 is 0. The summed E-state index contributed by atoms with van der Waals surface area (Å²) in [6, 6.07) is 19.5. The van der Waals surface area contributed by atoms with Crippen LogP contribution < -0.4 is 15.9 Å². The lowest BCUT2D eigenvalue weighted by Crippen LogP contribution is -2.30. The molecular weight excluding hydrogens is 818 g/mol. The number of carbonyl (C=O) groups is 4. The summed E-state index contributed by atoms with van der Waals surface area (Å²) in [6.07, 6.45) is -9.33.